The molecule has 3 heteroatoms. The van der Waals surface area contributed by atoms with Gasteiger partial charge < -0.3 is 10.5 Å². The van der Waals surface area contributed by atoms with E-state index < -0.39 is 0 Å². The molecular formula is C16H31NO2. The maximum absolute atomic E-state index is 12.0. The minimum atomic E-state index is -0.106. The Morgan fingerprint density at radius 3 is 2.63 bits per heavy atom. The van der Waals surface area contributed by atoms with Crippen LogP contribution < -0.4 is 5.73 Å². The lowest BCUT2D eigenvalue weighted by atomic mass is 9.75. The van der Waals surface area contributed by atoms with Crippen molar-refractivity contribution in [2.75, 3.05) is 0 Å². The quantitative estimate of drug-likeness (QED) is 0.751. The van der Waals surface area contributed by atoms with Crippen LogP contribution in [0.2, 0.25) is 0 Å². The molecule has 3 nitrogen and oxygen atoms in total. The molecule has 0 heterocycles. The van der Waals surface area contributed by atoms with E-state index in [0.29, 0.717) is 24.2 Å². The first-order valence-corrected chi connectivity index (χ1v) is 7.89. The van der Waals surface area contributed by atoms with Crippen LogP contribution in [-0.2, 0) is 9.53 Å². The fourth-order valence-corrected chi connectivity index (χ4v) is 3.15. The summed E-state index contributed by atoms with van der Waals surface area (Å²) < 4.78 is 5.73. The molecule has 0 bridgehead atoms. The summed E-state index contributed by atoms with van der Waals surface area (Å²) in [5, 5.41) is 0. The van der Waals surface area contributed by atoms with Crippen LogP contribution in [0, 0.1) is 17.8 Å². The Morgan fingerprint density at radius 2 is 2.05 bits per heavy atom. The van der Waals surface area contributed by atoms with Crippen LogP contribution in [0.3, 0.4) is 0 Å². The van der Waals surface area contributed by atoms with Gasteiger partial charge in [0.05, 0.1) is 6.42 Å². The third kappa shape index (κ3) is 5.52. The van der Waals surface area contributed by atoms with E-state index in [2.05, 4.69) is 27.7 Å². The Hall–Kier alpha value is -0.570. The molecule has 1 aliphatic carbocycles. The lowest BCUT2D eigenvalue weighted by Gasteiger charge is -2.36. The number of nitrogens with two attached hydrogens (primary N) is 1. The molecule has 112 valence electrons. The van der Waals surface area contributed by atoms with Crippen molar-refractivity contribution >= 4 is 5.97 Å². The van der Waals surface area contributed by atoms with Crippen molar-refractivity contribution in [2.24, 2.45) is 23.5 Å². The van der Waals surface area contributed by atoms with Gasteiger partial charge >= 0.3 is 5.97 Å². The van der Waals surface area contributed by atoms with E-state index in [1.54, 1.807) is 0 Å². The Bertz CT molecular complexity index is 278. The summed E-state index contributed by atoms with van der Waals surface area (Å²) in [4.78, 5) is 12.0. The number of hydrogen-bond donors (Lipinski definition) is 1. The van der Waals surface area contributed by atoms with Gasteiger partial charge in [-0.15, -0.1) is 0 Å². The van der Waals surface area contributed by atoms with E-state index in [9.17, 15) is 4.79 Å². The number of carbonyl (C=O) groups is 1. The zero-order valence-electron chi connectivity index (χ0n) is 13.0. The fraction of sp³-hybridized carbons (Fsp3) is 0.938. The molecule has 1 saturated carbocycles. The summed E-state index contributed by atoms with van der Waals surface area (Å²) in [6.07, 6.45) is 5.82. The van der Waals surface area contributed by atoms with Crippen LogP contribution in [0.5, 0.6) is 0 Å². The SMILES string of the molecule is CCC[C@@H](N)CC(=O)O[C@H]1C[C@@H](C)CC[C@@H]1C(C)C. The highest BCUT2D eigenvalue weighted by Crippen LogP contribution is 2.35. The van der Waals surface area contributed by atoms with Crippen LogP contribution in [0.15, 0.2) is 0 Å². The molecule has 0 aliphatic heterocycles. The van der Waals surface area contributed by atoms with Crippen molar-refractivity contribution in [3.05, 3.63) is 0 Å². The van der Waals surface area contributed by atoms with Gasteiger partial charge in [0.2, 0.25) is 0 Å². The average Bonchev–Trinajstić information content (AvgIpc) is 2.28. The van der Waals surface area contributed by atoms with Crippen LogP contribution >= 0.6 is 0 Å². The lowest BCUT2D eigenvalue weighted by Crippen LogP contribution is -2.37. The molecule has 0 radical (unpaired) electrons. The molecule has 0 aromatic rings. The molecule has 19 heavy (non-hydrogen) atoms. The zero-order chi connectivity index (χ0) is 14.4. The molecule has 0 aromatic heterocycles. The second-order valence-electron chi connectivity index (χ2n) is 6.61. The van der Waals surface area contributed by atoms with Crippen molar-refractivity contribution < 1.29 is 9.53 Å². The van der Waals surface area contributed by atoms with E-state index in [4.69, 9.17) is 10.5 Å². The Balaban J connectivity index is 2.49. The standard InChI is InChI=1S/C16H31NO2/c1-5-6-13(17)10-16(18)19-15-9-12(4)7-8-14(15)11(2)3/h11-15H,5-10,17H2,1-4H3/t12-,13+,14+,15-/m0/s1. The van der Waals surface area contributed by atoms with E-state index in [-0.39, 0.29) is 18.1 Å². The predicted octanol–water partition coefficient (Wildman–Crippen LogP) is 3.51. The van der Waals surface area contributed by atoms with Gasteiger partial charge in [0.1, 0.15) is 6.10 Å². The third-order valence-corrected chi connectivity index (χ3v) is 4.33. The topological polar surface area (TPSA) is 52.3 Å². The molecule has 0 unspecified atom stereocenters. The molecular weight excluding hydrogens is 238 g/mol. The fourth-order valence-electron chi connectivity index (χ4n) is 3.15. The minimum absolute atomic E-state index is 0.0454. The molecule has 0 saturated heterocycles. The number of esters is 1. The van der Waals surface area contributed by atoms with Crippen molar-refractivity contribution in [2.45, 2.75) is 78.4 Å². The first-order valence-electron chi connectivity index (χ1n) is 7.89. The number of hydrogen-bond acceptors (Lipinski definition) is 3. The first kappa shape index (κ1) is 16.5. The van der Waals surface area contributed by atoms with E-state index in [0.717, 1.165) is 19.3 Å². The number of carbonyl (C=O) groups excluding carboxylic acids is 1. The van der Waals surface area contributed by atoms with Gasteiger partial charge in [0, 0.05) is 6.04 Å². The summed E-state index contributed by atoms with van der Waals surface area (Å²) in [5.74, 6) is 1.65. The molecule has 4 atom stereocenters. The molecule has 1 rings (SSSR count). The van der Waals surface area contributed by atoms with Crippen LogP contribution in [-0.4, -0.2) is 18.1 Å². The first-order chi connectivity index (χ1) is 8.93. The smallest absolute Gasteiger partial charge is 0.307 e. The highest BCUT2D eigenvalue weighted by Gasteiger charge is 2.33. The summed E-state index contributed by atoms with van der Waals surface area (Å²) in [7, 11) is 0. The van der Waals surface area contributed by atoms with Gasteiger partial charge in [-0.25, -0.2) is 0 Å². The zero-order valence-corrected chi connectivity index (χ0v) is 13.0. The van der Waals surface area contributed by atoms with Gasteiger partial charge in [-0.2, -0.15) is 0 Å². The minimum Gasteiger partial charge on any atom is -0.462 e. The number of rotatable bonds is 6. The summed E-state index contributed by atoms with van der Waals surface area (Å²) >= 11 is 0. The Labute approximate surface area is 118 Å². The highest BCUT2D eigenvalue weighted by molar-refractivity contribution is 5.70. The van der Waals surface area contributed by atoms with Gasteiger partial charge in [-0.05, 0) is 37.0 Å². The molecule has 1 fully saturated rings. The summed E-state index contributed by atoms with van der Waals surface area (Å²) in [6, 6.07) is -0.0454. The second-order valence-corrected chi connectivity index (χ2v) is 6.61. The van der Waals surface area contributed by atoms with E-state index >= 15 is 0 Å². The Kier molecular flexibility index (Phi) is 6.84. The summed E-state index contributed by atoms with van der Waals surface area (Å²) in [5.41, 5.74) is 5.91. The second kappa shape index (κ2) is 7.88. The van der Waals surface area contributed by atoms with Gasteiger partial charge in [-0.1, -0.05) is 40.5 Å². The van der Waals surface area contributed by atoms with Crippen LogP contribution in [0.25, 0.3) is 0 Å². The molecule has 0 spiro atoms. The van der Waals surface area contributed by atoms with Gasteiger partial charge in [0.15, 0.2) is 0 Å². The largest absolute Gasteiger partial charge is 0.462 e. The average molecular weight is 269 g/mol. The van der Waals surface area contributed by atoms with Gasteiger partial charge in [-0.3, -0.25) is 4.79 Å². The van der Waals surface area contributed by atoms with E-state index in [1.165, 1.54) is 12.8 Å². The predicted molar refractivity (Wildman–Crippen MR) is 78.7 cm³/mol. The molecule has 0 amide bonds. The maximum atomic E-state index is 12.0. The maximum Gasteiger partial charge on any atom is 0.307 e. The van der Waals surface area contributed by atoms with Crippen molar-refractivity contribution in [3.63, 3.8) is 0 Å². The van der Waals surface area contributed by atoms with E-state index in [1.807, 2.05) is 0 Å². The molecule has 1 aliphatic rings. The molecule has 2 N–H and O–H groups in total. The van der Waals surface area contributed by atoms with Crippen molar-refractivity contribution in [3.8, 4) is 0 Å². The van der Waals surface area contributed by atoms with Gasteiger partial charge in [0.25, 0.3) is 0 Å². The third-order valence-electron chi connectivity index (χ3n) is 4.33. The van der Waals surface area contributed by atoms with Crippen molar-refractivity contribution in [1.82, 2.24) is 0 Å². The van der Waals surface area contributed by atoms with Crippen LogP contribution in [0.4, 0.5) is 0 Å². The summed E-state index contributed by atoms with van der Waals surface area (Å²) in [6.45, 7) is 8.79. The normalized spacial score (nSPS) is 29.3. The van der Waals surface area contributed by atoms with Crippen molar-refractivity contribution in [1.29, 1.82) is 0 Å². The number of ether oxygens (including phenoxy) is 1. The van der Waals surface area contributed by atoms with Crippen LogP contribution in [0.1, 0.15) is 66.2 Å². The monoisotopic (exact) mass is 269 g/mol. The molecule has 0 aromatic carbocycles. The Morgan fingerprint density at radius 1 is 1.37 bits per heavy atom. The lowest BCUT2D eigenvalue weighted by molar-refractivity contribution is -0.156. The highest BCUT2D eigenvalue weighted by atomic mass is 16.5.